The summed E-state index contributed by atoms with van der Waals surface area (Å²) < 4.78 is 4.47. The molecule has 153 valence electrons. The first-order valence-corrected chi connectivity index (χ1v) is 9.55. The van der Waals surface area contributed by atoms with Crippen LogP contribution in [0.25, 0.3) is 0 Å². The molecule has 0 aliphatic carbocycles. The highest BCUT2D eigenvalue weighted by molar-refractivity contribution is 5.98. The zero-order valence-electron chi connectivity index (χ0n) is 18.4. The standard InChI is InChI=1S/C7H14NOSi.2C6H13NO/c1-5(2)6(3)7(4)8-9-10;2*1-5(2)4-6(3)7-8/h5-6H,1-4H3;2*5,8H,4H2,1-3H3/b8-7+;2*7-6+. The Balaban J connectivity index is -0.000000308. The van der Waals surface area contributed by atoms with Crippen LogP contribution < -0.4 is 0 Å². The molecule has 1 unspecified atom stereocenters. The molecule has 26 heavy (non-hydrogen) atoms. The second-order valence-electron chi connectivity index (χ2n) is 7.72. The third kappa shape index (κ3) is 22.6. The van der Waals surface area contributed by atoms with Gasteiger partial charge in [-0.2, -0.15) is 0 Å². The first-order valence-electron chi connectivity index (χ1n) is 9.14. The van der Waals surface area contributed by atoms with Crippen LogP contribution in [0.15, 0.2) is 15.5 Å². The van der Waals surface area contributed by atoms with Crippen molar-refractivity contribution < 1.29 is 14.9 Å². The smallest absolute Gasteiger partial charge is 0.387 e. The lowest BCUT2D eigenvalue weighted by molar-refractivity contribution is 0.316. The first kappa shape index (κ1) is 29.4. The molecule has 3 radical (unpaired) electrons. The molecule has 2 N–H and O–H groups in total. The van der Waals surface area contributed by atoms with E-state index in [4.69, 9.17) is 10.4 Å². The second kappa shape index (κ2) is 18.4. The molecule has 6 nitrogen and oxygen atoms in total. The number of nitrogens with zero attached hydrogens (tertiary/aromatic N) is 3. The molecular formula is C19H40N3O3Si. The van der Waals surface area contributed by atoms with Crippen molar-refractivity contribution in [3.05, 3.63) is 0 Å². The molecule has 0 aromatic heterocycles. The Kier molecular flexibility index (Phi) is 20.8. The van der Waals surface area contributed by atoms with Crippen LogP contribution in [0.4, 0.5) is 0 Å². The average Bonchev–Trinajstić information content (AvgIpc) is 2.53. The van der Waals surface area contributed by atoms with Gasteiger partial charge in [0.15, 0.2) is 0 Å². The summed E-state index contributed by atoms with van der Waals surface area (Å²) in [4.78, 5) is 0. The van der Waals surface area contributed by atoms with Gasteiger partial charge < -0.3 is 14.9 Å². The Labute approximate surface area is 164 Å². The van der Waals surface area contributed by atoms with Gasteiger partial charge in [-0.1, -0.05) is 58.8 Å². The molecule has 1 atom stereocenters. The van der Waals surface area contributed by atoms with Crippen LogP contribution in [0.3, 0.4) is 0 Å². The van der Waals surface area contributed by atoms with Gasteiger partial charge in [-0.25, -0.2) is 0 Å². The number of oxime groups is 3. The molecule has 0 heterocycles. The fourth-order valence-electron chi connectivity index (χ4n) is 1.90. The maximum atomic E-state index is 8.17. The highest BCUT2D eigenvalue weighted by Gasteiger charge is 2.09. The normalized spacial score (nSPS) is 13.8. The van der Waals surface area contributed by atoms with Crippen molar-refractivity contribution in [3.8, 4) is 0 Å². The summed E-state index contributed by atoms with van der Waals surface area (Å²) in [7, 11) is 2.82. The lowest BCUT2D eigenvalue weighted by Gasteiger charge is -2.13. The molecule has 0 amide bonds. The van der Waals surface area contributed by atoms with E-state index in [0.29, 0.717) is 23.7 Å². The van der Waals surface area contributed by atoms with Crippen LogP contribution in [0.1, 0.15) is 82.1 Å². The monoisotopic (exact) mass is 386 g/mol. The minimum atomic E-state index is 0.483. The summed E-state index contributed by atoms with van der Waals surface area (Å²) in [6, 6.07) is 0. The van der Waals surface area contributed by atoms with E-state index in [9.17, 15) is 0 Å². The topological polar surface area (TPSA) is 86.8 Å². The Bertz CT molecular complexity index is 396. The summed E-state index contributed by atoms with van der Waals surface area (Å²) in [5.41, 5.74) is 2.63. The van der Waals surface area contributed by atoms with Crippen LogP contribution >= 0.6 is 0 Å². The maximum absolute atomic E-state index is 8.17. The van der Waals surface area contributed by atoms with Crippen LogP contribution in [-0.4, -0.2) is 38.0 Å². The van der Waals surface area contributed by atoms with Crippen molar-refractivity contribution in [1.29, 1.82) is 0 Å². The summed E-state index contributed by atoms with van der Waals surface area (Å²) in [5, 5.41) is 26.2. The third-order valence-corrected chi connectivity index (χ3v) is 3.69. The van der Waals surface area contributed by atoms with E-state index in [1.807, 2.05) is 20.8 Å². The van der Waals surface area contributed by atoms with Gasteiger partial charge in [-0.15, -0.1) is 5.16 Å². The maximum Gasteiger partial charge on any atom is 0.387 e. The highest BCUT2D eigenvalue weighted by Crippen LogP contribution is 2.11. The molecule has 7 heteroatoms. The van der Waals surface area contributed by atoms with Crippen molar-refractivity contribution >= 4 is 27.6 Å². The summed E-state index contributed by atoms with van der Waals surface area (Å²) in [5.74, 6) is 2.28. The number of hydrogen-bond acceptors (Lipinski definition) is 6. The molecule has 0 aromatic carbocycles. The van der Waals surface area contributed by atoms with Gasteiger partial charge in [-0.3, -0.25) is 0 Å². The molecule has 0 aromatic rings. The van der Waals surface area contributed by atoms with E-state index >= 15 is 0 Å². The minimum Gasteiger partial charge on any atom is -0.454 e. The summed E-state index contributed by atoms with van der Waals surface area (Å²) in [6.45, 7) is 20.4. The van der Waals surface area contributed by atoms with E-state index < -0.39 is 0 Å². The Morgan fingerprint density at radius 1 is 0.808 bits per heavy atom. The van der Waals surface area contributed by atoms with Gasteiger partial charge in [0, 0.05) is 0 Å². The van der Waals surface area contributed by atoms with Crippen LogP contribution in [0, 0.1) is 23.7 Å². The average molecular weight is 387 g/mol. The van der Waals surface area contributed by atoms with Gasteiger partial charge >= 0.3 is 10.5 Å². The summed E-state index contributed by atoms with van der Waals surface area (Å²) >= 11 is 0. The van der Waals surface area contributed by atoms with E-state index in [-0.39, 0.29) is 0 Å². The van der Waals surface area contributed by atoms with Gasteiger partial charge in [0.05, 0.1) is 17.1 Å². The highest BCUT2D eigenvalue weighted by atomic mass is 28.2. The van der Waals surface area contributed by atoms with Gasteiger partial charge in [-0.05, 0) is 57.3 Å². The van der Waals surface area contributed by atoms with Gasteiger partial charge in [0.25, 0.3) is 0 Å². The van der Waals surface area contributed by atoms with Gasteiger partial charge in [0.1, 0.15) is 0 Å². The van der Waals surface area contributed by atoms with E-state index in [2.05, 4.69) is 78.9 Å². The fraction of sp³-hybridized carbons (Fsp3) is 0.842. The largest absolute Gasteiger partial charge is 0.454 e. The molecule has 0 aliphatic rings. The van der Waals surface area contributed by atoms with E-state index in [1.54, 1.807) is 0 Å². The molecule has 0 fully saturated rings. The summed E-state index contributed by atoms with van der Waals surface area (Å²) in [6.07, 6.45) is 1.77. The zero-order chi connectivity index (χ0) is 21.3. The Morgan fingerprint density at radius 2 is 1.15 bits per heavy atom. The van der Waals surface area contributed by atoms with Crippen LogP contribution in [0.2, 0.25) is 0 Å². The quantitative estimate of drug-likeness (QED) is 0.261. The molecule has 0 saturated heterocycles. The van der Waals surface area contributed by atoms with Crippen molar-refractivity contribution in [3.63, 3.8) is 0 Å². The van der Waals surface area contributed by atoms with Crippen molar-refractivity contribution in [2.24, 2.45) is 39.1 Å². The SMILES string of the molecule is C/C(=N\O[Si])C(C)C(C)C.C/C(CC(C)C)=N\O.C/C(CC(C)C)=N\O. The molecule has 0 aliphatic heterocycles. The predicted molar refractivity (Wildman–Crippen MR) is 113 cm³/mol. The second-order valence-corrected chi connectivity index (χ2v) is 7.91. The molecule has 0 bridgehead atoms. The molecule has 0 spiro atoms. The minimum absolute atomic E-state index is 0.483. The van der Waals surface area contributed by atoms with Crippen LogP contribution in [-0.2, 0) is 4.53 Å². The molecule has 0 saturated carbocycles. The third-order valence-electron chi connectivity index (χ3n) is 3.60. The predicted octanol–water partition coefficient (Wildman–Crippen LogP) is 5.52. The van der Waals surface area contributed by atoms with E-state index in [1.165, 1.54) is 0 Å². The Hall–Kier alpha value is -1.37. The van der Waals surface area contributed by atoms with Crippen molar-refractivity contribution in [1.82, 2.24) is 0 Å². The number of hydrogen-bond donors (Lipinski definition) is 2. The van der Waals surface area contributed by atoms with Gasteiger partial charge in [0.2, 0.25) is 0 Å². The fourth-order valence-corrected chi connectivity index (χ4v) is 2.04. The molecule has 0 rings (SSSR count). The molecular weight excluding hydrogens is 346 g/mol. The van der Waals surface area contributed by atoms with Crippen molar-refractivity contribution in [2.75, 3.05) is 0 Å². The van der Waals surface area contributed by atoms with Crippen molar-refractivity contribution in [2.45, 2.75) is 82.1 Å². The zero-order valence-corrected chi connectivity index (χ0v) is 19.4. The van der Waals surface area contributed by atoms with E-state index in [0.717, 1.165) is 30.0 Å². The van der Waals surface area contributed by atoms with Crippen LogP contribution in [0.5, 0.6) is 0 Å². The first-order chi connectivity index (χ1) is 11.9. The lowest BCUT2D eigenvalue weighted by atomic mass is 9.94. The lowest BCUT2D eigenvalue weighted by Crippen LogP contribution is -2.13. The Morgan fingerprint density at radius 3 is 1.31 bits per heavy atom. The number of rotatable bonds is 7.